The molecule has 0 heterocycles. The SMILES string of the molecule is O=C(O)/C=C\c1ccccc1OCC1CCCCC1. The van der Waals surface area contributed by atoms with Gasteiger partial charge in [0.15, 0.2) is 0 Å². The molecule has 1 aliphatic rings. The number of aliphatic carboxylic acids is 1. The third kappa shape index (κ3) is 4.43. The van der Waals surface area contributed by atoms with E-state index in [-0.39, 0.29) is 0 Å². The van der Waals surface area contributed by atoms with Crippen LogP contribution in [0.4, 0.5) is 0 Å². The van der Waals surface area contributed by atoms with Crippen LogP contribution in [0, 0.1) is 5.92 Å². The van der Waals surface area contributed by atoms with Gasteiger partial charge in [0.2, 0.25) is 0 Å². The van der Waals surface area contributed by atoms with Crippen LogP contribution in [0.3, 0.4) is 0 Å². The molecule has 1 fully saturated rings. The second kappa shape index (κ2) is 6.98. The molecule has 1 N–H and O–H groups in total. The van der Waals surface area contributed by atoms with Gasteiger partial charge in [-0.15, -0.1) is 0 Å². The van der Waals surface area contributed by atoms with E-state index in [9.17, 15) is 4.79 Å². The van der Waals surface area contributed by atoms with Gasteiger partial charge in [0.1, 0.15) is 5.75 Å². The van der Waals surface area contributed by atoms with Gasteiger partial charge < -0.3 is 9.84 Å². The first-order valence-electron chi connectivity index (χ1n) is 6.88. The van der Waals surface area contributed by atoms with Gasteiger partial charge in [-0.1, -0.05) is 37.5 Å². The van der Waals surface area contributed by atoms with E-state index in [0.717, 1.165) is 24.0 Å². The maximum absolute atomic E-state index is 10.6. The molecule has 1 aromatic carbocycles. The van der Waals surface area contributed by atoms with E-state index in [1.165, 1.54) is 32.1 Å². The Kier molecular flexibility index (Phi) is 5.01. The minimum atomic E-state index is -0.943. The van der Waals surface area contributed by atoms with Crippen molar-refractivity contribution in [2.24, 2.45) is 5.92 Å². The molecule has 0 unspecified atom stereocenters. The molecular formula is C16H20O3. The zero-order valence-electron chi connectivity index (χ0n) is 11.0. The van der Waals surface area contributed by atoms with Crippen LogP contribution in [0.2, 0.25) is 0 Å². The summed E-state index contributed by atoms with van der Waals surface area (Å²) in [5, 5.41) is 8.67. The van der Waals surface area contributed by atoms with Gasteiger partial charge in [0.05, 0.1) is 6.61 Å². The minimum absolute atomic E-state index is 0.644. The molecular weight excluding hydrogens is 240 g/mol. The topological polar surface area (TPSA) is 46.5 Å². The molecule has 0 aliphatic heterocycles. The Morgan fingerprint density at radius 3 is 2.74 bits per heavy atom. The number of carboxylic acid groups (broad SMARTS) is 1. The summed E-state index contributed by atoms with van der Waals surface area (Å²) in [5.41, 5.74) is 0.820. The van der Waals surface area contributed by atoms with E-state index in [4.69, 9.17) is 9.84 Å². The van der Waals surface area contributed by atoms with Crippen LogP contribution in [0.1, 0.15) is 37.7 Å². The smallest absolute Gasteiger partial charge is 0.328 e. The number of carboxylic acids is 1. The molecule has 2 rings (SSSR count). The molecule has 3 heteroatoms. The molecule has 0 aromatic heterocycles. The number of para-hydroxylation sites is 1. The Bertz CT molecular complexity index is 445. The van der Waals surface area contributed by atoms with E-state index in [2.05, 4.69) is 0 Å². The van der Waals surface area contributed by atoms with Gasteiger partial charge in [-0.25, -0.2) is 4.79 Å². The first-order chi connectivity index (χ1) is 9.25. The third-order valence-corrected chi connectivity index (χ3v) is 3.52. The molecule has 0 bridgehead atoms. The number of hydrogen-bond acceptors (Lipinski definition) is 2. The van der Waals surface area contributed by atoms with Crippen molar-refractivity contribution < 1.29 is 14.6 Å². The van der Waals surface area contributed by atoms with Crippen molar-refractivity contribution in [1.29, 1.82) is 0 Å². The monoisotopic (exact) mass is 260 g/mol. The standard InChI is InChI=1S/C16H20O3/c17-16(18)11-10-14-8-4-5-9-15(14)19-12-13-6-2-1-3-7-13/h4-5,8-11,13H,1-3,6-7,12H2,(H,17,18)/b11-10-. The van der Waals surface area contributed by atoms with Crippen LogP contribution in [-0.2, 0) is 4.79 Å². The van der Waals surface area contributed by atoms with E-state index in [1.54, 1.807) is 6.08 Å². The maximum Gasteiger partial charge on any atom is 0.328 e. The first-order valence-corrected chi connectivity index (χ1v) is 6.88. The largest absolute Gasteiger partial charge is 0.493 e. The highest BCUT2D eigenvalue weighted by molar-refractivity contribution is 5.85. The molecule has 102 valence electrons. The van der Waals surface area contributed by atoms with E-state index in [1.807, 2.05) is 24.3 Å². The molecule has 1 aliphatic carbocycles. The number of rotatable bonds is 5. The van der Waals surface area contributed by atoms with Crippen LogP contribution in [0.5, 0.6) is 5.75 Å². The van der Waals surface area contributed by atoms with Crippen molar-refractivity contribution >= 4 is 12.0 Å². The molecule has 19 heavy (non-hydrogen) atoms. The van der Waals surface area contributed by atoms with Gasteiger partial charge >= 0.3 is 5.97 Å². The summed E-state index contributed by atoms with van der Waals surface area (Å²) in [7, 11) is 0. The molecule has 1 aromatic rings. The van der Waals surface area contributed by atoms with Crippen LogP contribution < -0.4 is 4.74 Å². The zero-order chi connectivity index (χ0) is 13.5. The van der Waals surface area contributed by atoms with Gasteiger partial charge in [0.25, 0.3) is 0 Å². The average Bonchev–Trinajstić information content (AvgIpc) is 2.45. The Hall–Kier alpha value is -1.77. The Morgan fingerprint density at radius 2 is 2.00 bits per heavy atom. The fraction of sp³-hybridized carbons (Fsp3) is 0.438. The molecule has 0 spiro atoms. The highest BCUT2D eigenvalue weighted by Crippen LogP contribution is 2.26. The van der Waals surface area contributed by atoms with Gasteiger partial charge in [-0.05, 0) is 30.9 Å². The minimum Gasteiger partial charge on any atom is -0.493 e. The lowest BCUT2D eigenvalue weighted by Gasteiger charge is -2.22. The summed E-state index contributed by atoms with van der Waals surface area (Å²) < 4.78 is 5.86. The van der Waals surface area contributed by atoms with Gasteiger partial charge in [-0.3, -0.25) is 0 Å². The van der Waals surface area contributed by atoms with Crippen molar-refractivity contribution in [1.82, 2.24) is 0 Å². The highest BCUT2D eigenvalue weighted by Gasteiger charge is 2.14. The fourth-order valence-electron chi connectivity index (χ4n) is 2.47. The van der Waals surface area contributed by atoms with Gasteiger partial charge in [0, 0.05) is 11.6 Å². The molecule has 0 atom stereocenters. The summed E-state index contributed by atoms with van der Waals surface area (Å²) in [4.78, 5) is 10.6. The second-order valence-electron chi connectivity index (χ2n) is 5.02. The molecule has 3 nitrogen and oxygen atoms in total. The lowest BCUT2D eigenvalue weighted by Crippen LogP contribution is -2.15. The van der Waals surface area contributed by atoms with Gasteiger partial charge in [-0.2, -0.15) is 0 Å². The Labute approximate surface area is 113 Å². The Balaban J connectivity index is 1.96. The van der Waals surface area contributed by atoms with Crippen LogP contribution in [0.15, 0.2) is 30.3 Å². The summed E-state index contributed by atoms with van der Waals surface area (Å²) in [6, 6.07) is 7.56. The van der Waals surface area contributed by atoms with Crippen molar-refractivity contribution in [2.75, 3.05) is 6.61 Å². The van der Waals surface area contributed by atoms with E-state index >= 15 is 0 Å². The normalized spacial score (nSPS) is 16.6. The summed E-state index contributed by atoms with van der Waals surface area (Å²) in [6.07, 6.45) is 9.15. The predicted octanol–water partition coefficient (Wildman–Crippen LogP) is 3.74. The van der Waals surface area contributed by atoms with Crippen LogP contribution in [-0.4, -0.2) is 17.7 Å². The summed E-state index contributed by atoms with van der Waals surface area (Å²) in [5.74, 6) is 0.470. The zero-order valence-corrected chi connectivity index (χ0v) is 11.0. The lowest BCUT2D eigenvalue weighted by molar-refractivity contribution is -0.131. The third-order valence-electron chi connectivity index (χ3n) is 3.52. The second-order valence-corrected chi connectivity index (χ2v) is 5.02. The van der Waals surface area contributed by atoms with E-state index in [0.29, 0.717) is 5.92 Å². The predicted molar refractivity (Wildman–Crippen MR) is 75.2 cm³/mol. The number of benzene rings is 1. The molecule has 0 radical (unpaired) electrons. The van der Waals surface area contributed by atoms with Crippen molar-refractivity contribution in [2.45, 2.75) is 32.1 Å². The number of carbonyl (C=O) groups is 1. The van der Waals surface area contributed by atoms with Crippen molar-refractivity contribution in [3.63, 3.8) is 0 Å². The van der Waals surface area contributed by atoms with Crippen molar-refractivity contribution in [3.8, 4) is 5.75 Å². The lowest BCUT2D eigenvalue weighted by atomic mass is 9.90. The quantitative estimate of drug-likeness (QED) is 0.820. The van der Waals surface area contributed by atoms with Crippen LogP contribution >= 0.6 is 0 Å². The molecule has 0 amide bonds. The van der Waals surface area contributed by atoms with E-state index < -0.39 is 5.97 Å². The molecule has 0 saturated heterocycles. The number of ether oxygens (including phenoxy) is 1. The maximum atomic E-state index is 10.6. The molecule has 1 saturated carbocycles. The average molecular weight is 260 g/mol. The number of hydrogen-bond donors (Lipinski definition) is 1. The first kappa shape index (κ1) is 13.7. The summed E-state index contributed by atoms with van der Waals surface area (Å²) >= 11 is 0. The summed E-state index contributed by atoms with van der Waals surface area (Å²) in [6.45, 7) is 0.734. The van der Waals surface area contributed by atoms with Crippen molar-refractivity contribution in [3.05, 3.63) is 35.9 Å². The highest BCUT2D eigenvalue weighted by atomic mass is 16.5. The Morgan fingerprint density at radius 1 is 1.26 bits per heavy atom. The van der Waals surface area contributed by atoms with Crippen LogP contribution in [0.25, 0.3) is 6.08 Å². The fourth-order valence-corrected chi connectivity index (χ4v) is 2.47.